The van der Waals surface area contributed by atoms with Gasteiger partial charge in [0, 0.05) is 43.0 Å². The Morgan fingerprint density at radius 1 is 1.13 bits per heavy atom. The van der Waals surface area contributed by atoms with Crippen LogP contribution in [0.3, 0.4) is 0 Å². The molecule has 1 aromatic heterocycles. The van der Waals surface area contributed by atoms with Crippen LogP contribution in [0.2, 0.25) is 0 Å². The Hall–Kier alpha value is -2.93. The molecule has 7 heteroatoms. The molecular formula is C23H27N5OS. The summed E-state index contributed by atoms with van der Waals surface area (Å²) in [7, 11) is 0. The molecule has 1 aliphatic rings. The van der Waals surface area contributed by atoms with Crippen molar-refractivity contribution in [3.05, 3.63) is 58.4 Å². The minimum Gasteiger partial charge on any atom is -0.372 e. The number of rotatable bonds is 6. The molecule has 156 valence electrons. The summed E-state index contributed by atoms with van der Waals surface area (Å²) in [6, 6.07) is 14.4. The third-order valence-electron chi connectivity index (χ3n) is 5.59. The Labute approximate surface area is 181 Å². The number of carbonyl (C=O) groups is 1. The fourth-order valence-corrected chi connectivity index (χ4v) is 4.06. The summed E-state index contributed by atoms with van der Waals surface area (Å²) < 4.78 is 2.40. The van der Waals surface area contributed by atoms with E-state index in [4.69, 9.17) is 12.2 Å². The number of hydrogen-bond acceptors (Lipinski definition) is 4. The lowest BCUT2D eigenvalue weighted by atomic mass is 10.1. The number of nitrogens with one attached hydrogen (secondary N) is 2. The highest BCUT2D eigenvalue weighted by molar-refractivity contribution is 7.71. The summed E-state index contributed by atoms with van der Waals surface area (Å²) in [4.78, 5) is 15.0. The van der Waals surface area contributed by atoms with Gasteiger partial charge in [-0.1, -0.05) is 29.8 Å². The van der Waals surface area contributed by atoms with Gasteiger partial charge in [0.15, 0.2) is 10.6 Å². The van der Waals surface area contributed by atoms with E-state index in [2.05, 4.69) is 32.5 Å². The van der Waals surface area contributed by atoms with Crippen LogP contribution in [0.1, 0.15) is 30.4 Å². The van der Waals surface area contributed by atoms with Gasteiger partial charge < -0.3 is 10.2 Å². The second kappa shape index (κ2) is 8.83. The minimum absolute atomic E-state index is 0.0371. The second-order valence-electron chi connectivity index (χ2n) is 7.86. The lowest BCUT2D eigenvalue weighted by molar-refractivity contribution is -0.116. The third-order valence-corrected chi connectivity index (χ3v) is 5.90. The van der Waals surface area contributed by atoms with Gasteiger partial charge in [0.2, 0.25) is 5.91 Å². The van der Waals surface area contributed by atoms with Crippen LogP contribution in [0.15, 0.2) is 42.5 Å². The van der Waals surface area contributed by atoms with Gasteiger partial charge in [-0.2, -0.15) is 5.10 Å². The predicted molar refractivity (Wildman–Crippen MR) is 123 cm³/mol. The van der Waals surface area contributed by atoms with Crippen LogP contribution in [0.25, 0.3) is 11.4 Å². The number of hydrogen-bond donors (Lipinski definition) is 2. The van der Waals surface area contributed by atoms with Gasteiger partial charge in [0.05, 0.1) is 0 Å². The Morgan fingerprint density at radius 2 is 1.87 bits per heavy atom. The molecule has 1 amide bonds. The summed E-state index contributed by atoms with van der Waals surface area (Å²) >= 11 is 5.38. The largest absolute Gasteiger partial charge is 0.372 e. The topological polar surface area (TPSA) is 66.0 Å². The first kappa shape index (κ1) is 20.3. The fraction of sp³-hybridized carbons (Fsp3) is 0.348. The molecule has 1 fully saturated rings. The van der Waals surface area contributed by atoms with Crippen LogP contribution in [0.4, 0.5) is 11.4 Å². The highest BCUT2D eigenvalue weighted by Gasteiger charge is 2.14. The van der Waals surface area contributed by atoms with E-state index in [0.717, 1.165) is 35.7 Å². The molecule has 4 rings (SSSR count). The zero-order valence-electron chi connectivity index (χ0n) is 17.4. The molecule has 1 aliphatic heterocycles. The molecule has 0 atom stereocenters. The molecule has 3 aromatic rings. The molecule has 0 bridgehead atoms. The molecule has 6 nitrogen and oxygen atoms in total. The average Bonchev–Trinajstić information content (AvgIpc) is 3.39. The van der Waals surface area contributed by atoms with Crippen molar-refractivity contribution in [2.24, 2.45) is 0 Å². The van der Waals surface area contributed by atoms with E-state index in [-0.39, 0.29) is 5.91 Å². The maximum absolute atomic E-state index is 12.6. The molecular weight excluding hydrogens is 394 g/mol. The summed E-state index contributed by atoms with van der Waals surface area (Å²) in [5, 5.41) is 10.2. The zero-order valence-corrected chi connectivity index (χ0v) is 18.3. The Kier molecular flexibility index (Phi) is 5.99. The van der Waals surface area contributed by atoms with E-state index in [1.54, 1.807) is 0 Å². The number of benzene rings is 2. The molecule has 0 unspecified atom stereocenters. The quantitative estimate of drug-likeness (QED) is 0.558. The first-order valence-corrected chi connectivity index (χ1v) is 10.8. The molecule has 30 heavy (non-hydrogen) atoms. The van der Waals surface area contributed by atoms with Gasteiger partial charge in [-0.25, -0.2) is 0 Å². The van der Waals surface area contributed by atoms with Crippen molar-refractivity contribution in [3.8, 4) is 11.4 Å². The maximum Gasteiger partial charge on any atom is 0.226 e. The van der Waals surface area contributed by atoms with Crippen molar-refractivity contribution in [1.29, 1.82) is 0 Å². The van der Waals surface area contributed by atoms with Crippen molar-refractivity contribution in [3.63, 3.8) is 0 Å². The Bertz CT molecular complexity index is 1090. The van der Waals surface area contributed by atoms with E-state index >= 15 is 0 Å². The number of amides is 1. The van der Waals surface area contributed by atoms with Crippen molar-refractivity contribution >= 4 is 29.5 Å². The number of H-pyrrole nitrogens is 1. The van der Waals surface area contributed by atoms with Gasteiger partial charge in [0.25, 0.3) is 0 Å². The fourth-order valence-electron chi connectivity index (χ4n) is 3.83. The monoisotopic (exact) mass is 421 g/mol. The third kappa shape index (κ3) is 4.46. The van der Waals surface area contributed by atoms with Gasteiger partial charge in [-0.05, 0) is 62.7 Å². The number of aryl methyl sites for hydroxylation is 2. The summed E-state index contributed by atoms with van der Waals surface area (Å²) in [5.41, 5.74) is 5.33. The summed E-state index contributed by atoms with van der Waals surface area (Å²) in [5.74, 6) is 0.712. The van der Waals surface area contributed by atoms with Gasteiger partial charge >= 0.3 is 0 Å². The van der Waals surface area contributed by atoms with Crippen LogP contribution >= 0.6 is 12.2 Å². The van der Waals surface area contributed by atoms with Crippen LogP contribution in [0.5, 0.6) is 0 Å². The van der Waals surface area contributed by atoms with E-state index in [9.17, 15) is 4.79 Å². The van der Waals surface area contributed by atoms with E-state index < -0.39 is 0 Å². The number of aromatic amines is 1. The minimum atomic E-state index is -0.0371. The second-order valence-corrected chi connectivity index (χ2v) is 8.25. The van der Waals surface area contributed by atoms with Crippen molar-refractivity contribution in [1.82, 2.24) is 14.8 Å². The van der Waals surface area contributed by atoms with Crippen LogP contribution in [0, 0.1) is 18.6 Å². The van der Waals surface area contributed by atoms with E-state index in [1.165, 1.54) is 24.1 Å². The Balaban J connectivity index is 1.41. The molecule has 0 saturated carbocycles. The molecule has 0 radical (unpaired) electrons. The van der Waals surface area contributed by atoms with Crippen LogP contribution in [-0.2, 0) is 11.3 Å². The molecule has 1 saturated heterocycles. The molecule has 0 spiro atoms. The van der Waals surface area contributed by atoms with Gasteiger partial charge in [-0.3, -0.25) is 14.5 Å². The van der Waals surface area contributed by atoms with Crippen molar-refractivity contribution in [2.75, 3.05) is 23.3 Å². The highest BCUT2D eigenvalue weighted by atomic mass is 32.1. The molecule has 2 aromatic carbocycles. The molecule has 2 heterocycles. The normalized spacial score (nSPS) is 13.6. The lowest BCUT2D eigenvalue weighted by Crippen LogP contribution is -2.18. The van der Waals surface area contributed by atoms with Crippen LogP contribution in [-0.4, -0.2) is 33.8 Å². The highest BCUT2D eigenvalue weighted by Crippen LogP contribution is 2.26. The van der Waals surface area contributed by atoms with Crippen molar-refractivity contribution < 1.29 is 4.79 Å². The van der Waals surface area contributed by atoms with E-state index in [0.29, 0.717) is 17.7 Å². The number of carbonyl (C=O) groups excluding carboxylic acids is 1. The summed E-state index contributed by atoms with van der Waals surface area (Å²) in [6.07, 6.45) is 2.82. The maximum atomic E-state index is 12.6. The smallest absolute Gasteiger partial charge is 0.226 e. The Morgan fingerprint density at radius 3 is 2.57 bits per heavy atom. The molecule has 2 N–H and O–H groups in total. The molecule has 0 aliphatic carbocycles. The lowest BCUT2D eigenvalue weighted by Gasteiger charge is -2.19. The number of aromatic nitrogens is 3. The van der Waals surface area contributed by atoms with Crippen LogP contribution < -0.4 is 10.2 Å². The predicted octanol–water partition coefficient (Wildman–Crippen LogP) is 4.85. The number of anilines is 2. The zero-order chi connectivity index (χ0) is 21.1. The first-order valence-electron chi connectivity index (χ1n) is 10.4. The SMILES string of the molecule is Cc1ccc(-c2n[nH]c(=S)n2CCC(=O)Nc2ccc(N3CCCC3)cc2C)cc1. The van der Waals surface area contributed by atoms with Gasteiger partial charge in [-0.15, -0.1) is 0 Å². The van der Waals surface area contributed by atoms with Crippen molar-refractivity contribution in [2.45, 2.75) is 39.7 Å². The average molecular weight is 422 g/mol. The first-order chi connectivity index (χ1) is 14.5. The van der Waals surface area contributed by atoms with E-state index in [1.807, 2.05) is 48.7 Å². The van der Waals surface area contributed by atoms with Gasteiger partial charge in [0.1, 0.15) is 0 Å². The standard InChI is InChI=1S/C23H27N5OS/c1-16-5-7-18(8-6-16)22-25-26-23(30)28(22)14-11-21(29)24-20-10-9-19(15-17(20)2)27-12-3-4-13-27/h5-10,15H,3-4,11-14H2,1-2H3,(H,24,29)(H,26,30). The summed E-state index contributed by atoms with van der Waals surface area (Å²) in [6.45, 7) is 6.77. The number of nitrogens with zero attached hydrogens (tertiary/aromatic N) is 3.